The van der Waals surface area contributed by atoms with Crippen molar-refractivity contribution in [1.29, 1.82) is 0 Å². The van der Waals surface area contributed by atoms with Gasteiger partial charge < -0.3 is 24.6 Å². The van der Waals surface area contributed by atoms with Crippen LogP contribution in [0.5, 0.6) is 5.75 Å². The van der Waals surface area contributed by atoms with E-state index in [2.05, 4.69) is 15.2 Å². The highest BCUT2D eigenvalue weighted by atomic mass is 16.6. The first-order chi connectivity index (χ1) is 13.8. The minimum absolute atomic E-state index is 0.210. The van der Waals surface area contributed by atoms with Gasteiger partial charge in [-0.2, -0.15) is 0 Å². The van der Waals surface area contributed by atoms with Gasteiger partial charge in [-0.15, -0.1) is 0 Å². The van der Waals surface area contributed by atoms with E-state index in [0.29, 0.717) is 12.5 Å². The molecule has 1 amide bonds. The second kappa shape index (κ2) is 10.9. The Labute approximate surface area is 175 Å². The number of benzene rings is 1. The first-order valence-electron chi connectivity index (χ1n) is 10.4. The highest BCUT2D eigenvalue weighted by molar-refractivity contribution is 5.79. The molecule has 1 N–H and O–H groups in total. The third kappa shape index (κ3) is 8.21. The van der Waals surface area contributed by atoms with Gasteiger partial charge in [-0.05, 0) is 51.7 Å². The minimum Gasteiger partial charge on any atom is -0.492 e. The molecule has 1 aliphatic heterocycles. The van der Waals surface area contributed by atoms with Crippen LogP contribution < -0.4 is 10.1 Å². The highest BCUT2D eigenvalue weighted by Gasteiger charge is 2.27. The number of piperidine rings is 1. The zero-order chi connectivity index (χ0) is 21.3. The summed E-state index contributed by atoms with van der Waals surface area (Å²) in [6.07, 6.45) is 1.71. The number of guanidine groups is 1. The number of carbonyl (C=O) groups excluding carboxylic acids is 1. The Morgan fingerprint density at radius 3 is 2.48 bits per heavy atom. The number of para-hydroxylation sites is 1. The summed E-state index contributed by atoms with van der Waals surface area (Å²) >= 11 is 0. The lowest BCUT2D eigenvalue weighted by Gasteiger charge is -2.34. The predicted octanol–water partition coefficient (Wildman–Crippen LogP) is 3.22. The topological polar surface area (TPSA) is 66.4 Å². The van der Waals surface area contributed by atoms with Crippen LogP contribution in [0.3, 0.4) is 0 Å². The molecule has 162 valence electrons. The van der Waals surface area contributed by atoms with Gasteiger partial charge >= 0.3 is 6.09 Å². The number of amides is 1. The van der Waals surface area contributed by atoms with Crippen LogP contribution in [0.2, 0.25) is 0 Å². The molecule has 0 atom stereocenters. The lowest BCUT2D eigenvalue weighted by molar-refractivity contribution is 0.0185. The van der Waals surface area contributed by atoms with Crippen molar-refractivity contribution in [3.8, 4) is 5.75 Å². The maximum absolute atomic E-state index is 12.2. The van der Waals surface area contributed by atoms with Gasteiger partial charge in [0.2, 0.25) is 0 Å². The van der Waals surface area contributed by atoms with Crippen molar-refractivity contribution in [2.45, 2.75) is 39.2 Å². The Balaban J connectivity index is 1.68. The molecule has 0 aliphatic carbocycles. The van der Waals surface area contributed by atoms with Crippen molar-refractivity contribution >= 4 is 12.1 Å². The van der Waals surface area contributed by atoms with E-state index < -0.39 is 5.60 Å². The number of likely N-dealkylation sites (N-methyl/N-ethyl adjacent to an activating group) is 1. The van der Waals surface area contributed by atoms with Crippen molar-refractivity contribution in [2.75, 3.05) is 46.9 Å². The largest absolute Gasteiger partial charge is 0.492 e. The van der Waals surface area contributed by atoms with E-state index in [1.807, 2.05) is 63.1 Å². The second-order valence-electron chi connectivity index (χ2n) is 8.42. The maximum Gasteiger partial charge on any atom is 0.410 e. The Hall–Kier alpha value is -2.44. The van der Waals surface area contributed by atoms with Crippen molar-refractivity contribution < 1.29 is 14.3 Å². The average Bonchev–Trinajstić information content (AvgIpc) is 2.68. The third-order valence-electron chi connectivity index (χ3n) is 4.83. The van der Waals surface area contributed by atoms with E-state index in [-0.39, 0.29) is 6.09 Å². The van der Waals surface area contributed by atoms with Gasteiger partial charge in [-0.1, -0.05) is 18.2 Å². The molecule has 7 nitrogen and oxygen atoms in total. The van der Waals surface area contributed by atoms with Crippen LogP contribution in [0.4, 0.5) is 4.79 Å². The summed E-state index contributed by atoms with van der Waals surface area (Å²) in [5.74, 6) is 2.25. The number of ether oxygens (including phenoxy) is 2. The van der Waals surface area contributed by atoms with E-state index in [0.717, 1.165) is 50.7 Å². The summed E-state index contributed by atoms with van der Waals surface area (Å²) in [6.45, 7) is 9.35. The molecule has 1 aromatic rings. The number of nitrogens with zero attached hydrogens (tertiary/aromatic N) is 3. The second-order valence-corrected chi connectivity index (χ2v) is 8.42. The summed E-state index contributed by atoms with van der Waals surface area (Å²) in [7, 11) is 3.80. The van der Waals surface area contributed by atoms with Crippen LogP contribution in [-0.2, 0) is 4.74 Å². The number of rotatable bonds is 6. The number of nitrogens with one attached hydrogen (secondary N) is 1. The molecule has 0 bridgehead atoms. The summed E-state index contributed by atoms with van der Waals surface area (Å²) in [4.78, 5) is 20.4. The van der Waals surface area contributed by atoms with Gasteiger partial charge in [0.15, 0.2) is 5.96 Å². The number of likely N-dealkylation sites (tertiary alicyclic amines) is 1. The Bertz CT molecular complexity index is 650. The molecule has 1 fully saturated rings. The third-order valence-corrected chi connectivity index (χ3v) is 4.83. The molecule has 0 saturated carbocycles. The van der Waals surface area contributed by atoms with Crippen LogP contribution >= 0.6 is 0 Å². The maximum atomic E-state index is 12.2. The van der Waals surface area contributed by atoms with E-state index in [9.17, 15) is 4.79 Å². The molecule has 0 unspecified atom stereocenters. The molecule has 1 aliphatic rings. The smallest absolute Gasteiger partial charge is 0.410 e. The molecule has 1 heterocycles. The predicted molar refractivity (Wildman–Crippen MR) is 116 cm³/mol. The quantitative estimate of drug-likeness (QED) is 0.582. The van der Waals surface area contributed by atoms with Crippen LogP contribution in [0.15, 0.2) is 35.3 Å². The molecule has 2 rings (SSSR count). The molecular weight excluding hydrogens is 368 g/mol. The fourth-order valence-corrected chi connectivity index (χ4v) is 3.19. The van der Waals surface area contributed by atoms with Crippen molar-refractivity contribution in [1.82, 2.24) is 15.1 Å². The fourth-order valence-electron chi connectivity index (χ4n) is 3.19. The molecule has 0 radical (unpaired) electrons. The molecule has 0 spiro atoms. The van der Waals surface area contributed by atoms with Gasteiger partial charge in [0, 0.05) is 33.7 Å². The zero-order valence-corrected chi connectivity index (χ0v) is 18.5. The SMILES string of the molecule is CN=C(NCC1CCN(C(=O)OC(C)(C)C)CC1)N(C)CCOc1ccccc1. The first kappa shape index (κ1) is 22.8. The van der Waals surface area contributed by atoms with Crippen molar-refractivity contribution in [3.05, 3.63) is 30.3 Å². The van der Waals surface area contributed by atoms with Crippen LogP contribution in [0, 0.1) is 5.92 Å². The Morgan fingerprint density at radius 2 is 1.90 bits per heavy atom. The zero-order valence-electron chi connectivity index (χ0n) is 18.5. The van der Waals surface area contributed by atoms with Gasteiger partial charge in [0.1, 0.15) is 18.0 Å². The first-order valence-corrected chi connectivity index (χ1v) is 10.4. The van der Waals surface area contributed by atoms with Crippen LogP contribution in [-0.4, -0.2) is 74.3 Å². The summed E-state index contributed by atoms with van der Waals surface area (Å²) in [5, 5.41) is 3.46. The summed E-state index contributed by atoms with van der Waals surface area (Å²) in [6, 6.07) is 9.82. The van der Waals surface area contributed by atoms with Gasteiger partial charge in [-0.3, -0.25) is 4.99 Å². The van der Waals surface area contributed by atoms with E-state index >= 15 is 0 Å². The lowest BCUT2D eigenvalue weighted by Crippen LogP contribution is -2.46. The van der Waals surface area contributed by atoms with Crippen LogP contribution in [0.25, 0.3) is 0 Å². The fraction of sp³-hybridized carbons (Fsp3) is 0.636. The number of hydrogen-bond acceptors (Lipinski definition) is 4. The van der Waals surface area contributed by atoms with Gasteiger partial charge in [-0.25, -0.2) is 4.79 Å². The molecule has 0 aromatic heterocycles. The van der Waals surface area contributed by atoms with E-state index in [4.69, 9.17) is 9.47 Å². The number of hydrogen-bond donors (Lipinski definition) is 1. The molecular formula is C22H36N4O3. The number of aliphatic imine (C=N–C) groups is 1. The Kier molecular flexibility index (Phi) is 8.61. The summed E-state index contributed by atoms with van der Waals surface area (Å²) in [5.41, 5.74) is -0.448. The van der Waals surface area contributed by atoms with Gasteiger partial charge in [0.25, 0.3) is 0 Å². The average molecular weight is 405 g/mol. The normalized spacial score (nSPS) is 15.8. The van der Waals surface area contributed by atoms with Crippen molar-refractivity contribution in [3.63, 3.8) is 0 Å². The standard InChI is InChI=1S/C22H36N4O3/c1-22(2,3)29-21(27)26-13-11-18(12-14-26)17-24-20(23-4)25(5)15-16-28-19-9-7-6-8-10-19/h6-10,18H,11-17H2,1-5H3,(H,23,24). The number of carbonyl (C=O) groups is 1. The van der Waals surface area contributed by atoms with Crippen LogP contribution in [0.1, 0.15) is 33.6 Å². The van der Waals surface area contributed by atoms with Crippen molar-refractivity contribution in [2.24, 2.45) is 10.9 Å². The van der Waals surface area contributed by atoms with Gasteiger partial charge in [0.05, 0.1) is 6.54 Å². The highest BCUT2D eigenvalue weighted by Crippen LogP contribution is 2.19. The van der Waals surface area contributed by atoms with E-state index in [1.54, 1.807) is 7.05 Å². The molecule has 1 saturated heterocycles. The summed E-state index contributed by atoms with van der Waals surface area (Å²) < 4.78 is 11.2. The molecule has 1 aromatic carbocycles. The van der Waals surface area contributed by atoms with E-state index in [1.165, 1.54) is 0 Å². The minimum atomic E-state index is -0.448. The molecule has 29 heavy (non-hydrogen) atoms. The monoisotopic (exact) mass is 404 g/mol. The molecule has 7 heteroatoms. The Morgan fingerprint density at radius 1 is 1.24 bits per heavy atom. The lowest BCUT2D eigenvalue weighted by atomic mass is 9.97.